The molecular weight excluding hydrogens is 360 g/mol. The number of hydroxylamine groups is 2. The summed E-state index contributed by atoms with van der Waals surface area (Å²) in [6, 6.07) is 15.6. The minimum absolute atomic E-state index is 0.00525. The van der Waals surface area contributed by atoms with Crippen molar-refractivity contribution in [2.24, 2.45) is 4.99 Å². The van der Waals surface area contributed by atoms with Gasteiger partial charge in [0.05, 0.1) is 12.8 Å². The lowest BCUT2D eigenvalue weighted by molar-refractivity contribution is -0.196. The summed E-state index contributed by atoms with van der Waals surface area (Å²) >= 11 is 0. The van der Waals surface area contributed by atoms with Crippen molar-refractivity contribution >= 4 is 29.2 Å². The van der Waals surface area contributed by atoms with Gasteiger partial charge in [0.2, 0.25) is 0 Å². The van der Waals surface area contributed by atoms with Crippen molar-refractivity contribution in [1.82, 2.24) is 5.06 Å². The third-order valence-electron chi connectivity index (χ3n) is 4.23. The van der Waals surface area contributed by atoms with E-state index in [9.17, 15) is 14.4 Å². The minimum Gasteiger partial charge on any atom is -0.497 e. The highest BCUT2D eigenvalue weighted by molar-refractivity contribution is 6.52. The number of carbonyl (C=O) groups is 3. The third kappa shape index (κ3) is 3.93. The zero-order valence-electron chi connectivity index (χ0n) is 15.6. The van der Waals surface area contributed by atoms with Crippen molar-refractivity contribution < 1.29 is 24.0 Å². The van der Waals surface area contributed by atoms with Crippen LogP contribution >= 0.6 is 0 Å². The van der Waals surface area contributed by atoms with Crippen molar-refractivity contribution in [2.45, 2.75) is 25.7 Å². The average molecular weight is 380 g/mol. The van der Waals surface area contributed by atoms with E-state index in [1.54, 1.807) is 62.6 Å². The van der Waals surface area contributed by atoms with Crippen LogP contribution in [-0.4, -0.2) is 35.7 Å². The van der Waals surface area contributed by atoms with Crippen LogP contribution in [-0.2, 0) is 19.2 Å². The Kier molecular flexibility index (Phi) is 5.84. The summed E-state index contributed by atoms with van der Waals surface area (Å²) in [5, 5.41) is 0.526. The number of amides is 2. The lowest BCUT2D eigenvalue weighted by atomic mass is 9.96. The summed E-state index contributed by atoms with van der Waals surface area (Å²) in [4.78, 5) is 47.0. The lowest BCUT2D eigenvalue weighted by Crippen LogP contribution is -2.33. The molecule has 2 amide bonds. The molecule has 0 bridgehead atoms. The van der Waals surface area contributed by atoms with E-state index in [1.807, 2.05) is 6.07 Å². The maximum Gasteiger partial charge on any atom is 0.333 e. The van der Waals surface area contributed by atoms with E-state index in [4.69, 9.17) is 9.57 Å². The predicted octanol–water partition coefficient (Wildman–Crippen LogP) is 3.18. The fourth-order valence-corrected chi connectivity index (χ4v) is 2.85. The number of carbonyl (C=O) groups excluding carboxylic acids is 3. The largest absolute Gasteiger partial charge is 0.497 e. The van der Waals surface area contributed by atoms with Gasteiger partial charge in [-0.2, -0.15) is 0 Å². The van der Waals surface area contributed by atoms with Gasteiger partial charge in [0.1, 0.15) is 17.4 Å². The van der Waals surface area contributed by atoms with Crippen LogP contribution in [0.2, 0.25) is 0 Å². The highest BCUT2D eigenvalue weighted by Gasteiger charge is 2.48. The molecule has 2 aromatic carbocycles. The first kappa shape index (κ1) is 19.3. The second-order valence-electron chi connectivity index (χ2n) is 6.19. The summed E-state index contributed by atoms with van der Waals surface area (Å²) in [5.74, 6) is -2.30. The second-order valence-corrected chi connectivity index (χ2v) is 6.19. The third-order valence-corrected chi connectivity index (χ3v) is 4.23. The fourth-order valence-electron chi connectivity index (χ4n) is 2.85. The van der Waals surface area contributed by atoms with E-state index < -0.39 is 23.7 Å². The smallest absolute Gasteiger partial charge is 0.333 e. The van der Waals surface area contributed by atoms with Gasteiger partial charge in [-0.05, 0) is 36.2 Å². The maximum absolute atomic E-state index is 12.9. The van der Waals surface area contributed by atoms with Crippen LogP contribution in [0.15, 0.2) is 59.6 Å². The number of hydrogen-bond acceptors (Lipinski definition) is 6. The molecule has 0 saturated carbocycles. The molecule has 1 aliphatic heterocycles. The SMILES string of the molecule is CCCC(=O)ON1C(=O)C(=Nc2ccc(OC)cc2)C(c2ccccc2)C1=O. The van der Waals surface area contributed by atoms with Crippen molar-refractivity contribution in [3.63, 3.8) is 0 Å². The van der Waals surface area contributed by atoms with Gasteiger partial charge in [-0.1, -0.05) is 42.3 Å². The number of benzene rings is 2. The van der Waals surface area contributed by atoms with E-state index >= 15 is 0 Å². The Bertz CT molecular complexity index is 906. The number of nitrogens with zero attached hydrogens (tertiary/aromatic N) is 2. The molecule has 1 atom stereocenters. The Labute approximate surface area is 162 Å². The molecule has 1 unspecified atom stereocenters. The van der Waals surface area contributed by atoms with E-state index in [0.29, 0.717) is 28.5 Å². The normalized spacial score (nSPS) is 17.9. The number of rotatable bonds is 6. The van der Waals surface area contributed by atoms with Crippen molar-refractivity contribution in [3.05, 3.63) is 60.2 Å². The summed E-state index contributed by atoms with van der Waals surface area (Å²) in [6.45, 7) is 1.80. The van der Waals surface area contributed by atoms with Crippen LogP contribution in [0, 0.1) is 0 Å². The van der Waals surface area contributed by atoms with Crippen molar-refractivity contribution in [2.75, 3.05) is 7.11 Å². The van der Waals surface area contributed by atoms with Gasteiger partial charge in [0.25, 0.3) is 5.91 Å². The zero-order chi connectivity index (χ0) is 20.1. The van der Waals surface area contributed by atoms with E-state index in [0.717, 1.165) is 0 Å². The summed E-state index contributed by atoms with van der Waals surface area (Å²) in [7, 11) is 1.55. The van der Waals surface area contributed by atoms with Crippen molar-refractivity contribution in [1.29, 1.82) is 0 Å². The number of ether oxygens (including phenoxy) is 1. The zero-order valence-corrected chi connectivity index (χ0v) is 15.6. The number of hydrogen-bond donors (Lipinski definition) is 0. The maximum atomic E-state index is 12.9. The lowest BCUT2D eigenvalue weighted by Gasteiger charge is -2.12. The first-order valence-electron chi connectivity index (χ1n) is 8.91. The summed E-state index contributed by atoms with van der Waals surface area (Å²) < 4.78 is 5.12. The molecule has 7 heteroatoms. The van der Waals surface area contributed by atoms with Gasteiger partial charge < -0.3 is 9.57 Å². The molecule has 0 spiro atoms. The number of imide groups is 1. The molecule has 2 aromatic rings. The predicted molar refractivity (Wildman–Crippen MR) is 102 cm³/mol. The molecule has 1 aliphatic rings. The van der Waals surface area contributed by atoms with E-state index in [-0.39, 0.29) is 12.1 Å². The standard InChI is InChI=1S/C21H20N2O5/c1-3-7-17(24)28-23-20(25)18(14-8-5-4-6-9-14)19(21(23)26)22-15-10-12-16(27-2)13-11-15/h4-6,8-13,18H,3,7H2,1-2H3. The fraction of sp³-hybridized carbons (Fsp3) is 0.238. The van der Waals surface area contributed by atoms with Crippen LogP contribution in [0.25, 0.3) is 0 Å². The van der Waals surface area contributed by atoms with Crippen LogP contribution in [0.4, 0.5) is 5.69 Å². The van der Waals surface area contributed by atoms with Gasteiger partial charge >= 0.3 is 11.9 Å². The Balaban J connectivity index is 2.00. The first-order chi connectivity index (χ1) is 13.5. The molecule has 0 radical (unpaired) electrons. The molecule has 144 valence electrons. The molecule has 1 heterocycles. The molecule has 0 aromatic heterocycles. The van der Waals surface area contributed by atoms with Crippen LogP contribution in [0.5, 0.6) is 5.75 Å². The monoisotopic (exact) mass is 380 g/mol. The van der Waals surface area contributed by atoms with Gasteiger partial charge in [0, 0.05) is 6.42 Å². The summed E-state index contributed by atoms with van der Waals surface area (Å²) in [5.41, 5.74) is 1.09. The number of aliphatic imine (C=N–C) groups is 1. The topological polar surface area (TPSA) is 85.3 Å². The Morgan fingerprint density at radius 1 is 1.07 bits per heavy atom. The van der Waals surface area contributed by atoms with Gasteiger partial charge in [-0.15, -0.1) is 0 Å². The number of methoxy groups -OCH3 is 1. The van der Waals surface area contributed by atoms with Gasteiger partial charge in [-0.25, -0.2) is 9.79 Å². The minimum atomic E-state index is -0.940. The van der Waals surface area contributed by atoms with Crippen LogP contribution in [0.3, 0.4) is 0 Å². The molecule has 28 heavy (non-hydrogen) atoms. The van der Waals surface area contributed by atoms with Crippen LogP contribution in [0.1, 0.15) is 31.2 Å². The van der Waals surface area contributed by atoms with Crippen LogP contribution < -0.4 is 4.74 Å². The average Bonchev–Trinajstić information content (AvgIpc) is 2.93. The van der Waals surface area contributed by atoms with Gasteiger partial charge in [0.15, 0.2) is 0 Å². The van der Waals surface area contributed by atoms with E-state index in [1.165, 1.54) is 0 Å². The quantitative estimate of drug-likeness (QED) is 0.719. The molecule has 0 aliphatic carbocycles. The molecule has 3 rings (SSSR count). The Morgan fingerprint density at radius 2 is 1.75 bits per heavy atom. The molecule has 1 fully saturated rings. The van der Waals surface area contributed by atoms with Crippen molar-refractivity contribution in [3.8, 4) is 5.75 Å². The molecule has 1 saturated heterocycles. The summed E-state index contributed by atoms with van der Waals surface area (Å²) in [6.07, 6.45) is 0.655. The molecular formula is C21H20N2O5. The Morgan fingerprint density at radius 3 is 2.36 bits per heavy atom. The van der Waals surface area contributed by atoms with E-state index in [2.05, 4.69) is 4.99 Å². The van der Waals surface area contributed by atoms with Gasteiger partial charge in [-0.3, -0.25) is 9.59 Å². The first-order valence-corrected chi connectivity index (χ1v) is 8.91. The highest BCUT2D eigenvalue weighted by Crippen LogP contribution is 2.30. The molecule has 0 N–H and O–H groups in total. The second kappa shape index (κ2) is 8.47. The highest BCUT2D eigenvalue weighted by atomic mass is 16.7. The Hall–Kier alpha value is -3.48. The molecule has 7 nitrogen and oxygen atoms in total.